The van der Waals surface area contributed by atoms with E-state index in [1.807, 2.05) is 19.2 Å². The van der Waals surface area contributed by atoms with E-state index in [0.29, 0.717) is 12.0 Å². The van der Waals surface area contributed by atoms with Crippen molar-refractivity contribution in [2.75, 3.05) is 19.0 Å². The van der Waals surface area contributed by atoms with Crippen LogP contribution >= 0.6 is 0 Å². The van der Waals surface area contributed by atoms with E-state index in [4.69, 9.17) is 4.74 Å². The summed E-state index contributed by atoms with van der Waals surface area (Å²) in [4.78, 5) is 17.7. The molecule has 0 spiro atoms. The number of hydrogen-bond acceptors (Lipinski definition) is 6. The van der Waals surface area contributed by atoms with Crippen LogP contribution in [-0.4, -0.2) is 33.6 Å². The number of aryl methyl sites for hydroxylation is 1. The van der Waals surface area contributed by atoms with Crippen molar-refractivity contribution in [3.8, 4) is 6.01 Å². The Morgan fingerprint density at radius 1 is 1.33 bits per heavy atom. The van der Waals surface area contributed by atoms with Gasteiger partial charge in [-0.15, -0.1) is 0 Å². The summed E-state index contributed by atoms with van der Waals surface area (Å²) in [6, 6.07) is 4.47. The summed E-state index contributed by atoms with van der Waals surface area (Å²) < 4.78 is 5.20. The Hall–Kier alpha value is -2.24. The summed E-state index contributed by atoms with van der Waals surface area (Å²) in [7, 11) is 1.57. The van der Waals surface area contributed by atoms with Crippen LogP contribution < -0.4 is 10.1 Å². The molecule has 1 N–H and O–H groups in total. The predicted octanol–water partition coefficient (Wildman–Crippen LogP) is 2.18. The summed E-state index contributed by atoms with van der Waals surface area (Å²) in [6.45, 7) is 2.76. The fourth-order valence-electron chi connectivity index (χ4n) is 2.72. The van der Waals surface area contributed by atoms with Crippen LogP contribution in [0.25, 0.3) is 0 Å². The monoisotopic (exact) mass is 285 g/mol. The van der Waals surface area contributed by atoms with Gasteiger partial charge in [0.15, 0.2) is 0 Å². The smallest absolute Gasteiger partial charge is 0.321 e. The van der Waals surface area contributed by atoms with E-state index in [1.54, 1.807) is 7.11 Å². The van der Waals surface area contributed by atoms with Crippen molar-refractivity contribution in [1.82, 2.24) is 19.9 Å². The third-order valence-electron chi connectivity index (χ3n) is 3.66. The van der Waals surface area contributed by atoms with Gasteiger partial charge in [0.2, 0.25) is 5.95 Å². The normalized spacial score (nSPS) is 17.1. The minimum atomic E-state index is 0.115. The summed E-state index contributed by atoms with van der Waals surface area (Å²) in [5.74, 6) is 1.41. The Morgan fingerprint density at radius 2 is 2.24 bits per heavy atom. The third kappa shape index (κ3) is 2.79. The molecule has 21 heavy (non-hydrogen) atoms. The van der Waals surface area contributed by atoms with Gasteiger partial charge in [-0.25, -0.2) is 0 Å². The first-order chi connectivity index (χ1) is 10.3. The van der Waals surface area contributed by atoms with E-state index in [9.17, 15) is 0 Å². The third-order valence-corrected chi connectivity index (χ3v) is 3.66. The SMILES string of the molecule is CCNc1nc(OC)nc(C2CCCc3cccnc32)n1. The second-order valence-corrected chi connectivity index (χ2v) is 5.03. The first-order valence-corrected chi connectivity index (χ1v) is 7.29. The summed E-state index contributed by atoms with van der Waals surface area (Å²) in [5, 5.41) is 3.12. The number of rotatable bonds is 4. The molecule has 2 heterocycles. The zero-order valence-corrected chi connectivity index (χ0v) is 12.3. The molecule has 2 aromatic rings. The highest BCUT2D eigenvalue weighted by atomic mass is 16.5. The zero-order chi connectivity index (χ0) is 14.7. The van der Waals surface area contributed by atoms with Crippen LogP contribution in [0.4, 0.5) is 5.95 Å². The lowest BCUT2D eigenvalue weighted by atomic mass is 9.86. The number of nitrogens with one attached hydrogen (secondary N) is 1. The van der Waals surface area contributed by atoms with Crippen molar-refractivity contribution in [3.05, 3.63) is 35.4 Å². The number of fused-ring (bicyclic) bond motifs is 1. The van der Waals surface area contributed by atoms with Gasteiger partial charge in [-0.2, -0.15) is 15.0 Å². The Kier molecular flexibility index (Phi) is 3.94. The number of ether oxygens (including phenoxy) is 1. The van der Waals surface area contributed by atoms with Crippen molar-refractivity contribution >= 4 is 5.95 Å². The molecule has 0 fully saturated rings. The molecule has 0 saturated carbocycles. The van der Waals surface area contributed by atoms with Gasteiger partial charge in [0.1, 0.15) is 5.82 Å². The molecule has 3 rings (SSSR count). The van der Waals surface area contributed by atoms with Crippen LogP contribution in [0.15, 0.2) is 18.3 Å². The van der Waals surface area contributed by atoms with Gasteiger partial charge in [0, 0.05) is 12.7 Å². The second kappa shape index (κ2) is 6.03. The summed E-state index contributed by atoms with van der Waals surface area (Å²) >= 11 is 0. The van der Waals surface area contributed by atoms with Gasteiger partial charge >= 0.3 is 6.01 Å². The molecule has 0 saturated heterocycles. The molecule has 0 bridgehead atoms. The van der Waals surface area contributed by atoms with Crippen LogP contribution in [0.2, 0.25) is 0 Å². The van der Waals surface area contributed by atoms with E-state index in [1.165, 1.54) is 5.56 Å². The van der Waals surface area contributed by atoms with Gasteiger partial charge in [0.05, 0.1) is 18.7 Å². The fraction of sp³-hybridized carbons (Fsp3) is 0.467. The van der Waals surface area contributed by atoms with Gasteiger partial charge in [-0.05, 0) is 37.8 Å². The highest BCUT2D eigenvalue weighted by Gasteiger charge is 2.26. The fourth-order valence-corrected chi connectivity index (χ4v) is 2.72. The standard InChI is InChI=1S/C15H19N5O/c1-3-16-14-18-13(19-15(20-14)21-2)11-8-4-6-10-7-5-9-17-12(10)11/h5,7,9,11H,3-4,6,8H2,1-2H3,(H,16,18,19,20). The first kappa shape index (κ1) is 13.7. The molecule has 6 nitrogen and oxygen atoms in total. The van der Waals surface area contributed by atoms with E-state index in [0.717, 1.165) is 37.3 Å². The van der Waals surface area contributed by atoms with Crippen LogP contribution in [-0.2, 0) is 6.42 Å². The topological polar surface area (TPSA) is 72.8 Å². The molecule has 0 aromatic carbocycles. The van der Waals surface area contributed by atoms with E-state index in [-0.39, 0.29) is 5.92 Å². The van der Waals surface area contributed by atoms with Crippen molar-refractivity contribution in [1.29, 1.82) is 0 Å². The lowest BCUT2D eigenvalue weighted by Crippen LogP contribution is -2.17. The lowest BCUT2D eigenvalue weighted by molar-refractivity contribution is 0.374. The maximum absolute atomic E-state index is 5.20. The molecule has 1 aliphatic rings. The molecule has 1 aliphatic carbocycles. The van der Waals surface area contributed by atoms with Crippen LogP contribution in [0.1, 0.15) is 42.8 Å². The molecule has 0 amide bonds. The number of anilines is 1. The Balaban J connectivity index is 2.02. The molecule has 110 valence electrons. The molecule has 6 heteroatoms. The molecule has 2 aromatic heterocycles. The van der Waals surface area contributed by atoms with E-state index in [2.05, 4.69) is 31.3 Å². The van der Waals surface area contributed by atoms with Gasteiger partial charge in [-0.1, -0.05) is 6.07 Å². The molecule has 0 radical (unpaired) electrons. The highest BCUT2D eigenvalue weighted by Crippen LogP contribution is 2.34. The Bertz CT molecular complexity index is 631. The van der Waals surface area contributed by atoms with Gasteiger partial charge in [-0.3, -0.25) is 4.98 Å². The Morgan fingerprint density at radius 3 is 3.05 bits per heavy atom. The van der Waals surface area contributed by atoms with Crippen molar-refractivity contribution in [2.24, 2.45) is 0 Å². The highest BCUT2D eigenvalue weighted by molar-refractivity contribution is 5.33. The average Bonchev–Trinajstić information content (AvgIpc) is 2.54. The van der Waals surface area contributed by atoms with Gasteiger partial charge < -0.3 is 10.1 Å². The second-order valence-electron chi connectivity index (χ2n) is 5.03. The van der Waals surface area contributed by atoms with Crippen LogP contribution in [0.5, 0.6) is 6.01 Å². The first-order valence-electron chi connectivity index (χ1n) is 7.29. The lowest BCUT2D eigenvalue weighted by Gasteiger charge is -2.23. The molecular formula is C15H19N5O. The largest absolute Gasteiger partial charge is 0.467 e. The Labute approximate surface area is 124 Å². The predicted molar refractivity (Wildman–Crippen MR) is 79.6 cm³/mol. The molecule has 1 atom stereocenters. The summed E-state index contributed by atoms with van der Waals surface area (Å²) in [6.07, 6.45) is 5.03. The molecule has 0 aliphatic heterocycles. The average molecular weight is 285 g/mol. The van der Waals surface area contributed by atoms with Crippen LogP contribution in [0, 0.1) is 0 Å². The maximum Gasteiger partial charge on any atom is 0.321 e. The van der Waals surface area contributed by atoms with E-state index < -0.39 is 0 Å². The van der Waals surface area contributed by atoms with Crippen molar-refractivity contribution in [3.63, 3.8) is 0 Å². The van der Waals surface area contributed by atoms with Crippen molar-refractivity contribution in [2.45, 2.75) is 32.1 Å². The number of nitrogens with zero attached hydrogens (tertiary/aromatic N) is 4. The zero-order valence-electron chi connectivity index (χ0n) is 12.3. The molecular weight excluding hydrogens is 266 g/mol. The number of methoxy groups -OCH3 is 1. The minimum absolute atomic E-state index is 0.115. The number of hydrogen-bond donors (Lipinski definition) is 1. The molecule has 1 unspecified atom stereocenters. The number of pyridine rings is 1. The number of aromatic nitrogens is 4. The van der Waals surface area contributed by atoms with Gasteiger partial charge in [0.25, 0.3) is 0 Å². The minimum Gasteiger partial charge on any atom is -0.467 e. The maximum atomic E-state index is 5.20. The van der Waals surface area contributed by atoms with E-state index >= 15 is 0 Å². The van der Waals surface area contributed by atoms with Crippen LogP contribution in [0.3, 0.4) is 0 Å². The van der Waals surface area contributed by atoms with Crippen molar-refractivity contribution < 1.29 is 4.74 Å². The summed E-state index contributed by atoms with van der Waals surface area (Å²) in [5.41, 5.74) is 2.37. The quantitative estimate of drug-likeness (QED) is 0.928.